The van der Waals surface area contributed by atoms with Crippen LogP contribution in [0.2, 0.25) is 0 Å². The molecule has 1 unspecified atom stereocenters. The number of thiocarbonyl (C=S) groups is 1. The van der Waals surface area contributed by atoms with Gasteiger partial charge in [0.15, 0.2) is 0 Å². The van der Waals surface area contributed by atoms with E-state index < -0.39 is 0 Å². The number of hydrogen-bond donors (Lipinski definition) is 0. The zero-order chi connectivity index (χ0) is 7.72. The molecule has 1 aliphatic rings. The second kappa shape index (κ2) is 2.67. The molecule has 1 rings (SSSR count). The van der Waals surface area contributed by atoms with Gasteiger partial charge in [-0.3, -0.25) is 0 Å². The van der Waals surface area contributed by atoms with Crippen LogP contribution in [-0.4, -0.2) is 4.86 Å². The van der Waals surface area contributed by atoms with Gasteiger partial charge in [0.25, 0.3) is 0 Å². The van der Waals surface area contributed by atoms with E-state index in [9.17, 15) is 0 Å². The molecule has 0 aromatic carbocycles. The Labute approximate surface area is 67.6 Å². The zero-order valence-electron chi connectivity index (χ0n) is 6.64. The van der Waals surface area contributed by atoms with E-state index in [-0.39, 0.29) is 0 Å². The summed E-state index contributed by atoms with van der Waals surface area (Å²) in [4.78, 5) is 1.09. The van der Waals surface area contributed by atoms with Gasteiger partial charge in [-0.25, -0.2) is 0 Å². The van der Waals surface area contributed by atoms with Gasteiger partial charge in [-0.05, 0) is 19.4 Å². The van der Waals surface area contributed by atoms with Crippen molar-refractivity contribution >= 4 is 17.1 Å². The molecule has 0 aliphatic heterocycles. The fourth-order valence-electron chi connectivity index (χ4n) is 1.29. The molecule has 10 heavy (non-hydrogen) atoms. The Morgan fingerprint density at radius 1 is 1.40 bits per heavy atom. The first-order chi connectivity index (χ1) is 4.61. The van der Waals surface area contributed by atoms with Crippen LogP contribution >= 0.6 is 12.2 Å². The summed E-state index contributed by atoms with van der Waals surface area (Å²) < 4.78 is 0. The summed E-state index contributed by atoms with van der Waals surface area (Å²) in [5.74, 6) is 0.458. The van der Waals surface area contributed by atoms with Crippen molar-refractivity contribution < 1.29 is 0 Å². The Balaban J connectivity index is 2.95. The summed E-state index contributed by atoms with van der Waals surface area (Å²) in [5.41, 5.74) is 2.58. The van der Waals surface area contributed by atoms with Crippen LogP contribution in [-0.2, 0) is 0 Å². The lowest BCUT2D eigenvalue weighted by atomic mass is 9.93. The highest BCUT2D eigenvalue weighted by Crippen LogP contribution is 2.19. The molecular weight excluding hydrogens is 140 g/mol. The predicted octanol–water partition coefficient (Wildman–Crippen LogP) is 2.90. The Bertz CT molecular complexity index is 221. The normalized spacial score (nSPS) is 25.9. The summed E-state index contributed by atoms with van der Waals surface area (Å²) in [7, 11) is 0. The Morgan fingerprint density at radius 3 is 2.50 bits per heavy atom. The minimum atomic E-state index is 0.458. The summed E-state index contributed by atoms with van der Waals surface area (Å²) >= 11 is 5.19. The fraction of sp³-hybridized carbons (Fsp3) is 0.444. The van der Waals surface area contributed by atoms with Crippen molar-refractivity contribution in [3.63, 3.8) is 0 Å². The van der Waals surface area contributed by atoms with Crippen LogP contribution in [0.1, 0.15) is 20.8 Å². The van der Waals surface area contributed by atoms with E-state index in [0.29, 0.717) is 5.92 Å². The minimum Gasteiger partial charge on any atom is -0.0840 e. The monoisotopic (exact) mass is 152 g/mol. The lowest BCUT2D eigenvalue weighted by molar-refractivity contribution is 0.989. The van der Waals surface area contributed by atoms with Gasteiger partial charge in [-0.1, -0.05) is 36.9 Å². The van der Waals surface area contributed by atoms with Crippen LogP contribution < -0.4 is 0 Å². The summed E-state index contributed by atoms with van der Waals surface area (Å²) in [6, 6.07) is 0. The van der Waals surface area contributed by atoms with Crippen molar-refractivity contribution in [3.05, 3.63) is 23.3 Å². The van der Waals surface area contributed by atoms with Gasteiger partial charge in [-0.15, -0.1) is 0 Å². The Kier molecular flexibility index (Phi) is 2.05. The summed E-state index contributed by atoms with van der Waals surface area (Å²) in [6.07, 6.45) is 4.34. The lowest BCUT2D eigenvalue weighted by Gasteiger charge is -2.15. The first-order valence-electron chi connectivity index (χ1n) is 3.52. The van der Waals surface area contributed by atoms with Crippen LogP contribution in [0.4, 0.5) is 0 Å². The first kappa shape index (κ1) is 7.67. The third-order valence-electron chi connectivity index (χ3n) is 1.76. The molecular formula is C9H12S. The van der Waals surface area contributed by atoms with E-state index in [4.69, 9.17) is 12.2 Å². The number of allylic oxidation sites excluding steroid dienone is 4. The van der Waals surface area contributed by atoms with Crippen LogP contribution in [0.15, 0.2) is 23.3 Å². The smallest absolute Gasteiger partial charge is 0.0247 e. The van der Waals surface area contributed by atoms with Crippen molar-refractivity contribution in [1.29, 1.82) is 0 Å². The summed E-state index contributed by atoms with van der Waals surface area (Å²) in [5, 5.41) is 0. The minimum absolute atomic E-state index is 0.458. The molecule has 0 spiro atoms. The third-order valence-corrected chi connectivity index (χ3v) is 2.45. The van der Waals surface area contributed by atoms with E-state index in [1.807, 2.05) is 0 Å². The van der Waals surface area contributed by atoms with Crippen molar-refractivity contribution in [3.8, 4) is 0 Å². The first-order valence-corrected chi connectivity index (χ1v) is 3.93. The van der Waals surface area contributed by atoms with E-state index in [1.54, 1.807) is 0 Å². The highest BCUT2D eigenvalue weighted by Gasteiger charge is 2.11. The average molecular weight is 152 g/mol. The molecule has 0 N–H and O–H groups in total. The van der Waals surface area contributed by atoms with Crippen molar-refractivity contribution in [2.45, 2.75) is 20.8 Å². The Morgan fingerprint density at radius 2 is 2.00 bits per heavy atom. The maximum atomic E-state index is 5.19. The van der Waals surface area contributed by atoms with Gasteiger partial charge < -0.3 is 0 Å². The largest absolute Gasteiger partial charge is 0.0840 e. The average Bonchev–Trinajstić information content (AvgIpc) is 1.82. The number of rotatable bonds is 0. The molecule has 0 fully saturated rings. The SMILES string of the molecule is CC1=CC(C)C(=S)C(C)=C1. The van der Waals surface area contributed by atoms with Crippen LogP contribution in [0, 0.1) is 5.92 Å². The second-order valence-electron chi connectivity index (χ2n) is 2.89. The molecule has 1 atom stereocenters. The highest BCUT2D eigenvalue weighted by atomic mass is 32.1. The molecule has 0 radical (unpaired) electrons. The molecule has 1 aliphatic carbocycles. The van der Waals surface area contributed by atoms with Gasteiger partial charge in [0.2, 0.25) is 0 Å². The van der Waals surface area contributed by atoms with Crippen molar-refractivity contribution in [1.82, 2.24) is 0 Å². The second-order valence-corrected chi connectivity index (χ2v) is 3.33. The predicted molar refractivity (Wildman–Crippen MR) is 49.3 cm³/mol. The van der Waals surface area contributed by atoms with E-state index in [1.165, 1.54) is 11.1 Å². The molecule has 0 bridgehead atoms. The molecule has 0 heterocycles. The van der Waals surface area contributed by atoms with Gasteiger partial charge in [0.05, 0.1) is 0 Å². The fourth-order valence-corrected chi connectivity index (χ4v) is 1.42. The van der Waals surface area contributed by atoms with Crippen molar-refractivity contribution in [2.75, 3.05) is 0 Å². The maximum Gasteiger partial charge on any atom is 0.0247 e. The highest BCUT2D eigenvalue weighted by molar-refractivity contribution is 7.80. The third kappa shape index (κ3) is 1.35. The molecule has 0 aromatic heterocycles. The maximum absolute atomic E-state index is 5.19. The number of hydrogen-bond acceptors (Lipinski definition) is 1. The molecule has 1 heteroatoms. The van der Waals surface area contributed by atoms with Crippen LogP contribution in [0.3, 0.4) is 0 Å². The molecule has 54 valence electrons. The van der Waals surface area contributed by atoms with Gasteiger partial charge in [0.1, 0.15) is 0 Å². The molecule has 0 saturated heterocycles. The van der Waals surface area contributed by atoms with E-state index >= 15 is 0 Å². The molecule has 0 amide bonds. The molecule has 0 nitrogen and oxygen atoms in total. The van der Waals surface area contributed by atoms with Gasteiger partial charge >= 0.3 is 0 Å². The zero-order valence-corrected chi connectivity index (χ0v) is 7.46. The molecule has 0 aromatic rings. The van der Waals surface area contributed by atoms with E-state index in [2.05, 4.69) is 32.9 Å². The van der Waals surface area contributed by atoms with E-state index in [0.717, 1.165) is 4.86 Å². The quantitative estimate of drug-likeness (QED) is 0.481. The van der Waals surface area contributed by atoms with Crippen LogP contribution in [0.25, 0.3) is 0 Å². The molecule has 0 saturated carbocycles. The Hall–Kier alpha value is -0.430. The van der Waals surface area contributed by atoms with Crippen LogP contribution in [0.5, 0.6) is 0 Å². The van der Waals surface area contributed by atoms with Gasteiger partial charge in [0, 0.05) is 10.8 Å². The van der Waals surface area contributed by atoms with Crippen molar-refractivity contribution in [2.24, 2.45) is 5.92 Å². The lowest BCUT2D eigenvalue weighted by Crippen LogP contribution is -2.11. The summed E-state index contributed by atoms with van der Waals surface area (Å²) in [6.45, 7) is 6.33. The topological polar surface area (TPSA) is 0 Å². The van der Waals surface area contributed by atoms with Gasteiger partial charge in [-0.2, -0.15) is 0 Å². The standard InChI is InChI=1S/C9H12S/c1-6-4-7(2)9(10)8(3)5-6/h4-5,7H,1-3H3.